The van der Waals surface area contributed by atoms with Crippen molar-refractivity contribution in [3.8, 4) is 0 Å². The van der Waals surface area contributed by atoms with E-state index in [-0.39, 0.29) is 18.0 Å². The standard InChI is InChI=1S/C15H19ClN4O2/c16-12-4-3-10(8-13(12)20-7-6-18-15(20)22)14(21)19-11-2-1-5-17-9-11/h3-4,8,11,17H,1-2,5-7,9H2,(H,18,22)(H,19,21). The number of halogens is 1. The monoisotopic (exact) mass is 322 g/mol. The number of rotatable bonds is 3. The molecule has 3 N–H and O–H groups in total. The Morgan fingerprint density at radius 3 is 2.91 bits per heavy atom. The van der Waals surface area contributed by atoms with Crippen LogP contribution in [0.25, 0.3) is 0 Å². The van der Waals surface area contributed by atoms with E-state index in [2.05, 4.69) is 16.0 Å². The first kappa shape index (κ1) is 15.1. The smallest absolute Gasteiger partial charge is 0.322 e. The van der Waals surface area contributed by atoms with Gasteiger partial charge in [-0.05, 0) is 37.6 Å². The second-order valence-corrected chi connectivity index (χ2v) is 5.97. The van der Waals surface area contributed by atoms with Gasteiger partial charge in [0.2, 0.25) is 0 Å². The van der Waals surface area contributed by atoms with Gasteiger partial charge in [-0.25, -0.2) is 4.79 Å². The van der Waals surface area contributed by atoms with Gasteiger partial charge in [0.1, 0.15) is 0 Å². The molecule has 0 bridgehead atoms. The Bertz CT molecular complexity index is 587. The lowest BCUT2D eigenvalue weighted by Crippen LogP contribution is -2.45. The number of nitrogens with one attached hydrogen (secondary N) is 3. The maximum Gasteiger partial charge on any atom is 0.322 e. The molecule has 6 nitrogen and oxygen atoms in total. The van der Waals surface area contributed by atoms with Crippen LogP contribution >= 0.6 is 11.6 Å². The van der Waals surface area contributed by atoms with Crippen LogP contribution in [0.5, 0.6) is 0 Å². The van der Waals surface area contributed by atoms with Gasteiger partial charge < -0.3 is 16.0 Å². The molecule has 2 saturated heterocycles. The van der Waals surface area contributed by atoms with E-state index in [1.807, 2.05) is 0 Å². The molecule has 2 fully saturated rings. The van der Waals surface area contributed by atoms with Gasteiger partial charge in [0.15, 0.2) is 0 Å². The van der Waals surface area contributed by atoms with Gasteiger partial charge in [-0.15, -0.1) is 0 Å². The van der Waals surface area contributed by atoms with Crippen LogP contribution in [0.3, 0.4) is 0 Å². The first-order valence-electron chi connectivity index (χ1n) is 7.51. The summed E-state index contributed by atoms with van der Waals surface area (Å²) >= 11 is 6.17. The van der Waals surface area contributed by atoms with Gasteiger partial charge in [-0.3, -0.25) is 9.69 Å². The summed E-state index contributed by atoms with van der Waals surface area (Å²) < 4.78 is 0. The van der Waals surface area contributed by atoms with E-state index in [1.54, 1.807) is 23.1 Å². The molecule has 3 rings (SSSR count). The summed E-state index contributed by atoms with van der Waals surface area (Å²) in [6, 6.07) is 4.99. The summed E-state index contributed by atoms with van der Waals surface area (Å²) in [5.74, 6) is -0.133. The van der Waals surface area contributed by atoms with Crippen LogP contribution in [-0.4, -0.2) is 44.2 Å². The minimum atomic E-state index is -0.184. The van der Waals surface area contributed by atoms with Crippen LogP contribution < -0.4 is 20.9 Å². The Labute approximate surface area is 134 Å². The number of piperidine rings is 1. The van der Waals surface area contributed by atoms with Gasteiger partial charge in [-0.1, -0.05) is 11.6 Å². The maximum atomic E-state index is 12.4. The van der Waals surface area contributed by atoms with E-state index in [0.717, 1.165) is 25.9 Å². The molecule has 3 amide bonds. The zero-order valence-electron chi connectivity index (χ0n) is 12.2. The summed E-state index contributed by atoms with van der Waals surface area (Å²) in [7, 11) is 0. The summed E-state index contributed by atoms with van der Waals surface area (Å²) in [5.41, 5.74) is 1.09. The van der Waals surface area contributed by atoms with Crippen molar-refractivity contribution in [1.82, 2.24) is 16.0 Å². The fourth-order valence-corrected chi connectivity index (χ4v) is 3.03. The number of carbonyl (C=O) groups excluding carboxylic acids is 2. The molecule has 2 aliphatic heterocycles. The van der Waals surface area contributed by atoms with Crippen molar-refractivity contribution in [2.24, 2.45) is 0 Å². The van der Waals surface area contributed by atoms with Crippen LogP contribution in [0.4, 0.5) is 10.5 Å². The number of hydrogen-bond acceptors (Lipinski definition) is 3. The molecule has 2 aliphatic rings. The van der Waals surface area contributed by atoms with E-state index in [1.165, 1.54) is 0 Å². The predicted molar refractivity (Wildman–Crippen MR) is 85.6 cm³/mol. The molecule has 0 aromatic heterocycles. The molecule has 0 saturated carbocycles. The van der Waals surface area contributed by atoms with Gasteiger partial charge >= 0.3 is 6.03 Å². The molecule has 118 valence electrons. The van der Waals surface area contributed by atoms with Crippen LogP contribution in [0, 0.1) is 0 Å². The van der Waals surface area contributed by atoms with E-state index in [4.69, 9.17) is 11.6 Å². The lowest BCUT2D eigenvalue weighted by Gasteiger charge is -2.24. The Hall–Kier alpha value is -1.79. The lowest BCUT2D eigenvalue weighted by atomic mass is 10.1. The van der Waals surface area contributed by atoms with Crippen molar-refractivity contribution >= 4 is 29.2 Å². The van der Waals surface area contributed by atoms with Crippen molar-refractivity contribution in [2.45, 2.75) is 18.9 Å². The molecule has 7 heteroatoms. The number of hydrogen-bond donors (Lipinski definition) is 3. The topological polar surface area (TPSA) is 73.5 Å². The second kappa shape index (κ2) is 6.54. The number of amides is 3. The number of anilines is 1. The third-order valence-corrected chi connectivity index (χ3v) is 4.31. The molecule has 0 spiro atoms. The molecule has 1 aromatic rings. The molecule has 0 radical (unpaired) electrons. The van der Waals surface area contributed by atoms with Crippen LogP contribution in [-0.2, 0) is 0 Å². The third-order valence-electron chi connectivity index (χ3n) is 3.99. The Morgan fingerprint density at radius 2 is 2.23 bits per heavy atom. The fraction of sp³-hybridized carbons (Fsp3) is 0.467. The zero-order valence-corrected chi connectivity index (χ0v) is 12.9. The predicted octanol–water partition coefficient (Wildman–Crippen LogP) is 1.35. The van der Waals surface area contributed by atoms with E-state index in [9.17, 15) is 9.59 Å². The average molecular weight is 323 g/mol. The Balaban J connectivity index is 1.76. The summed E-state index contributed by atoms with van der Waals surface area (Å²) in [4.78, 5) is 25.7. The Kier molecular flexibility index (Phi) is 4.49. The van der Waals surface area contributed by atoms with Crippen molar-refractivity contribution in [2.75, 3.05) is 31.1 Å². The highest BCUT2D eigenvalue weighted by Gasteiger charge is 2.24. The van der Waals surface area contributed by atoms with Crippen molar-refractivity contribution in [3.05, 3.63) is 28.8 Å². The molecule has 1 aromatic carbocycles. The lowest BCUT2D eigenvalue weighted by molar-refractivity contribution is 0.0930. The van der Waals surface area contributed by atoms with E-state index in [0.29, 0.717) is 29.4 Å². The zero-order chi connectivity index (χ0) is 15.5. The minimum absolute atomic E-state index is 0.133. The molecular formula is C15H19ClN4O2. The summed E-state index contributed by atoms with van der Waals surface area (Å²) in [6.45, 7) is 2.93. The molecule has 1 atom stereocenters. The summed E-state index contributed by atoms with van der Waals surface area (Å²) in [5, 5.41) is 9.48. The highest BCUT2D eigenvalue weighted by Crippen LogP contribution is 2.28. The van der Waals surface area contributed by atoms with Crippen LogP contribution in [0.15, 0.2) is 18.2 Å². The minimum Gasteiger partial charge on any atom is -0.348 e. The number of benzene rings is 1. The van der Waals surface area contributed by atoms with Gasteiger partial charge in [-0.2, -0.15) is 0 Å². The maximum absolute atomic E-state index is 12.4. The SMILES string of the molecule is O=C(NC1CCCNC1)c1ccc(Cl)c(N2CCNC2=O)c1. The highest BCUT2D eigenvalue weighted by molar-refractivity contribution is 6.34. The van der Waals surface area contributed by atoms with E-state index >= 15 is 0 Å². The molecule has 22 heavy (non-hydrogen) atoms. The third kappa shape index (κ3) is 3.18. The summed E-state index contributed by atoms with van der Waals surface area (Å²) in [6.07, 6.45) is 2.04. The first-order valence-corrected chi connectivity index (χ1v) is 7.89. The molecular weight excluding hydrogens is 304 g/mol. The largest absolute Gasteiger partial charge is 0.348 e. The van der Waals surface area contributed by atoms with Gasteiger partial charge in [0.25, 0.3) is 5.91 Å². The average Bonchev–Trinajstić information content (AvgIpc) is 2.94. The van der Waals surface area contributed by atoms with Crippen molar-refractivity contribution < 1.29 is 9.59 Å². The number of carbonyl (C=O) groups is 2. The normalized spacial score (nSPS) is 21.6. The van der Waals surface area contributed by atoms with E-state index < -0.39 is 0 Å². The molecule has 0 aliphatic carbocycles. The highest BCUT2D eigenvalue weighted by atomic mass is 35.5. The first-order chi connectivity index (χ1) is 10.6. The van der Waals surface area contributed by atoms with Gasteiger partial charge in [0.05, 0.1) is 10.7 Å². The Morgan fingerprint density at radius 1 is 1.36 bits per heavy atom. The molecule has 1 unspecified atom stereocenters. The van der Waals surface area contributed by atoms with Crippen molar-refractivity contribution in [3.63, 3.8) is 0 Å². The quantitative estimate of drug-likeness (QED) is 0.786. The second-order valence-electron chi connectivity index (χ2n) is 5.57. The van der Waals surface area contributed by atoms with Crippen LogP contribution in [0.2, 0.25) is 5.02 Å². The molecule has 2 heterocycles. The van der Waals surface area contributed by atoms with Gasteiger partial charge in [0, 0.05) is 31.2 Å². The number of nitrogens with zero attached hydrogens (tertiary/aromatic N) is 1. The van der Waals surface area contributed by atoms with Crippen molar-refractivity contribution in [1.29, 1.82) is 0 Å². The fourth-order valence-electron chi connectivity index (χ4n) is 2.81. The van der Waals surface area contributed by atoms with Crippen LogP contribution in [0.1, 0.15) is 23.2 Å². The number of urea groups is 1.